The van der Waals surface area contributed by atoms with Gasteiger partial charge in [0.05, 0.1) is 12.3 Å². The molecule has 0 saturated carbocycles. The van der Waals surface area contributed by atoms with Crippen LogP contribution in [0.4, 0.5) is 0 Å². The van der Waals surface area contributed by atoms with Crippen LogP contribution in [-0.2, 0) is 0 Å². The Balaban J connectivity index is 1.77. The van der Waals surface area contributed by atoms with Gasteiger partial charge in [0.15, 0.2) is 0 Å². The standard InChI is InChI=1S/C21H21ClN4/c1-16-2-4-17(5-3-16)8-12-20(25-26-21-23-14-15-24-21)13-9-18-6-10-19(22)11-7-18/h2-13H,14-15H2,1H3,(H2,23,24,26)/b12-8+,13-9+,25-20+. The van der Waals surface area contributed by atoms with Crippen LogP contribution >= 0.6 is 11.6 Å². The third-order valence-corrected chi connectivity index (χ3v) is 4.06. The van der Waals surface area contributed by atoms with Gasteiger partial charge in [-0.15, -0.1) is 0 Å². The molecule has 0 radical (unpaired) electrons. The van der Waals surface area contributed by atoms with E-state index in [9.17, 15) is 0 Å². The molecular weight excluding hydrogens is 344 g/mol. The molecule has 0 saturated heterocycles. The van der Waals surface area contributed by atoms with E-state index in [0.717, 1.165) is 35.0 Å². The van der Waals surface area contributed by atoms with Crippen LogP contribution in [-0.4, -0.2) is 24.8 Å². The van der Waals surface area contributed by atoms with E-state index in [1.807, 2.05) is 48.6 Å². The van der Waals surface area contributed by atoms with Gasteiger partial charge >= 0.3 is 0 Å². The van der Waals surface area contributed by atoms with Crippen molar-refractivity contribution in [2.75, 3.05) is 13.1 Å². The molecule has 1 heterocycles. The molecule has 5 heteroatoms. The Labute approximate surface area is 159 Å². The number of allylic oxidation sites excluding steroid dienone is 2. The van der Waals surface area contributed by atoms with Gasteiger partial charge in [-0.3, -0.25) is 0 Å². The van der Waals surface area contributed by atoms with Gasteiger partial charge in [0.1, 0.15) is 0 Å². The van der Waals surface area contributed by atoms with Crippen molar-refractivity contribution in [1.29, 1.82) is 0 Å². The molecule has 1 aliphatic rings. The number of benzene rings is 2. The van der Waals surface area contributed by atoms with Gasteiger partial charge < -0.3 is 5.32 Å². The van der Waals surface area contributed by atoms with Gasteiger partial charge in [-0.2, -0.15) is 5.10 Å². The lowest BCUT2D eigenvalue weighted by atomic mass is 10.1. The van der Waals surface area contributed by atoms with Crippen LogP contribution in [0.25, 0.3) is 12.2 Å². The van der Waals surface area contributed by atoms with Crippen LogP contribution in [0.1, 0.15) is 16.7 Å². The number of hydrogen-bond donors (Lipinski definition) is 2. The third-order valence-electron chi connectivity index (χ3n) is 3.81. The smallest absolute Gasteiger partial charge is 0.212 e. The maximum atomic E-state index is 5.94. The molecule has 0 unspecified atom stereocenters. The fourth-order valence-corrected chi connectivity index (χ4v) is 2.46. The maximum absolute atomic E-state index is 5.94. The highest BCUT2D eigenvalue weighted by atomic mass is 35.5. The first-order chi connectivity index (χ1) is 12.7. The van der Waals surface area contributed by atoms with Gasteiger partial charge in [0, 0.05) is 11.6 Å². The largest absolute Gasteiger partial charge is 0.353 e. The minimum Gasteiger partial charge on any atom is -0.353 e. The molecule has 0 fully saturated rings. The van der Waals surface area contributed by atoms with E-state index < -0.39 is 0 Å². The predicted octanol–water partition coefficient (Wildman–Crippen LogP) is 4.28. The quantitative estimate of drug-likeness (QED) is 0.614. The molecule has 0 amide bonds. The number of halogens is 1. The molecule has 0 aliphatic carbocycles. The molecule has 26 heavy (non-hydrogen) atoms. The molecule has 4 nitrogen and oxygen atoms in total. The van der Waals surface area contributed by atoms with Crippen LogP contribution in [0.2, 0.25) is 5.02 Å². The second kappa shape index (κ2) is 9.02. The van der Waals surface area contributed by atoms with E-state index >= 15 is 0 Å². The number of guanidine groups is 1. The number of nitrogens with zero attached hydrogens (tertiary/aromatic N) is 2. The van der Waals surface area contributed by atoms with E-state index in [1.54, 1.807) is 0 Å². The number of rotatable bonds is 5. The highest BCUT2D eigenvalue weighted by Gasteiger charge is 2.02. The topological polar surface area (TPSA) is 48.8 Å². The van der Waals surface area contributed by atoms with Crippen LogP contribution < -0.4 is 10.7 Å². The summed E-state index contributed by atoms with van der Waals surface area (Å²) < 4.78 is 0. The second-order valence-electron chi connectivity index (χ2n) is 5.93. The normalized spacial score (nSPS) is 14.7. The third kappa shape index (κ3) is 5.60. The summed E-state index contributed by atoms with van der Waals surface area (Å²) in [7, 11) is 0. The van der Waals surface area contributed by atoms with E-state index in [4.69, 9.17) is 11.6 Å². The Morgan fingerprint density at radius 3 is 2.23 bits per heavy atom. The Morgan fingerprint density at radius 1 is 1.04 bits per heavy atom. The van der Waals surface area contributed by atoms with Crippen LogP contribution in [0.5, 0.6) is 0 Å². The predicted molar refractivity (Wildman–Crippen MR) is 112 cm³/mol. The van der Waals surface area contributed by atoms with Gasteiger partial charge in [-0.05, 0) is 42.3 Å². The summed E-state index contributed by atoms with van der Waals surface area (Å²) in [6, 6.07) is 16.0. The highest BCUT2D eigenvalue weighted by molar-refractivity contribution is 6.30. The van der Waals surface area contributed by atoms with Crippen molar-refractivity contribution in [2.45, 2.75) is 6.92 Å². The van der Waals surface area contributed by atoms with E-state index in [-0.39, 0.29) is 0 Å². The SMILES string of the molecule is Cc1ccc(/C=C/C(/C=C/c2ccc(Cl)cc2)=N\NC2=NCCN2)cc1. The monoisotopic (exact) mass is 364 g/mol. The van der Waals surface area contributed by atoms with Crippen molar-refractivity contribution in [3.05, 3.63) is 82.4 Å². The molecule has 1 aliphatic heterocycles. The van der Waals surface area contributed by atoms with Gasteiger partial charge in [0.2, 0.25) is 5.96 Å². The summed E-state index contributed by atoms with van der Waals surface area (Å²) in [5.41, 5.74) is 7.19. The molecule has 132 valence electrons. The summed E-state index contributed by atoms with van der Waals surface area (Å²) in [5, 5.41) is 8.31. The number of aliphatic imine (C=N–C) groups is 1. The molecule has 0 bridgehead atoms. The van der Waals surface area contributed by atoms with E-state index in [0.29, 0.717) is 5.96 Å². The maximum Gasteiger partial charge on any atom is 0.212 e. The average Bonchev–Trinajstić information content (AvgIpc) is 3.17. The molecule has 2 N–H and O–H groups in total. The second-order valence-corrected chi connectivity index (χ2v) is 6.37. The fourth-order valence-electron chi connectivity index (χ4n) is 2.34. The summed E-state index contributed by atoms with van der Waals surface area (Å²) in [5.74, 6) is 0.700. The number of hydrazone groups is 1. The van der Waals surface area contributed by atoms with Crippen molar-refractivity contribution in [2.24, 2.45) is 10.1 Å². The summed E-state index contributed by atoms with van der Waals surface area (Å²) in [6.07, 6.45) is 7.96. The first-order valence-electron chi connectivity index (χ1n) is 8.49. The van der Waals surface area contributed by atoms with Gasteiger partial charge in [-0.25, -0.2) is 10.4 Å². The van der Waals surface area contributed by atoms with Crippen molar-refractivity contribution in [3.63, 3.8) is 0 Å². The lowest BCUT2D eigenvalue weighted by Crippen LogP contribution is -2.30. The summed E-state index contributed by atoms with van der Waals surface area (Å²) in [6.45, 7) is 3.69. The Hall–Kier alpha value is -2.85. The average molecular weight is 365 g/mol. The fraction of sp³-hybridized carbons (Fsp3) is 0.143. The van der Waals surface area contributed by atoms with Crippen LogP contribution in [0, 0.1) is 6.92 Å². The molecule has 2 aromatic carbocycles. The van der Waals surface area contributed by atoms with Gasteiger partial charge in [-0.1, -0.05) is 65.7 Å². The molecule has 2 aromatic rings. The van der Waals surface area contributed by atoms with E-state index in [1.165, 1.54) is 5.56 Å². The zero-order chi connectivity index (χ0) is 18.2. The lowest BCUT2D eigenvalue weighted by molar-refractivity contribution is 0.918. The lowest BCUT2D eigenvalue weighted by Gasteiger charge is -2.02. The first-order valence-corrected chi connectivity index (χ1v) is 8.87. The van der Waals surface area contributed by atoms with Crippen molar-refractivity contribution >= 4 is 35.4 Å². The van der Waals surface area contributed by atoms with Crippen LogP contribution in [0.15, 0.2) is 70.8 Å². The molecule has 0 aromatic heterocycles. The molecule has 3 rings (SSSR count). The minimum atomic E-state index is 0.700. The number of hydrogen-bond acceptors (Lipinski definition) is 4. The zero-order valence-corrected chi connectivity index (χ0v) is 15.4. The minimum absolute atomic E-state index is 0.700. The van der Waals surface area contributed by atoms with Crippen molar-refractivity contribution in [1.82, 2.24) is 10.7 Å². The highest BCUT2D eigenvalue weighted by Crippen LogP contribution is 2.11. The summed E-state index contributed by atoms with van der Waals surface area (Å²) >= 11 is 5.94. The Morgan fingerprint density at radius 2 is 1.65 bits per heavy atom. The number of nitrogens with one attached hydrogen (secondary N) is 2. The summed E-state index contributed by atoms with van der Waals surface area (Å²) in [4.78, 5) is 4.29. The molecular formula is C21H21ClN4. The first kappa shape index (κ1) is 18.0. The zero-order valence-electron chi connectivity index (χ0n) is 14.6. The van der Waals surface area contributed by atoms with Crippen LogP contribution in [0.3, 0.4) is 0 Å². The Kier molecular flexibility index (Phi) is 6.23. The van der Waals surface area contributed by atoms with Gasteiger partial charge in [0.25, 0.3) is 0 Å². The molecule has 0 spiro atoms. The Bertz CT molecular complexity index is 789. The van der Waals surface area contributed by atoms with Crippen molar-refractivity contribution < 1.29 is 0 Å². The van der Waals surface area contributed by atoms with Crippen molar-refractivity contribution in [3.8, 4) is 0 Å². The van der Waals surface area contributed by atoms with E-state index in [2.05, 4.69) is 52.0 Å². The number of aryl methyl sites for hydroxylation is 1. The molecule has 0 atom stereocenters.